The fourth-order valence-corrected chi connectivity index (χ4v) is 2.79. The predicted octanol–water partition coefficient (Wildman–Crippen LogP) is 2.82. The maximum atomic E-state index is 12.4. The van der Waals surface area contributed by atoms with E-state index in [0.717, 1.165) is 12.0 Å². The molecule has 0 aliphatic heterocycles. The predicted molar refractivity (Wildman–Crippen MR) is 88.2 cm³/mol. The first kappa shape index (κ1) is 14.8. The molecule has 2 atom stereocenters. The number of nitrogens with one attached hydrogen (secondary N) is 1. The second kappa shape index (κ2) is 6.75. The molecule has 2 aromatic rings. The third-order valence-corrected chi connectivity index (χ3v) is 4.26. The molecule has 114 valence electrons. The van der Waals surface area contributed by atoms with Crippen LogP contribution in [0, 0.1) is 5.92 Å². The van der Waals surface area contributed by atoms with Crippen LogP contribution in [0.15, 0.2) is 60.7 Å². The first-order chi connectivity index (χ1) is 10.7. The number of hydrogen-bond acceptors (Lipinski definition) is 2. The van der Waals surface area contributed by atoms with Crippen molar-refractivity contribution in [1.82, 2.24) is 5.32 Å². The van der Waals surface area contributed by atoms with Crippen LogP contribution < -0.4 is 11.1 Å². The Bertz CT molecular complexity index is 608. The van der Waals surface area contributed by atoms with E-state index in [1.807, 2.05) is 48.5 Å². The molecule has 3 heteroatoms. The Kier molecular flexibility index (Phi) is 4.54. The van der Waals surface area contributed by atoms with Crippen LogP contribution in [0.3, 0.4) is 0 Å². The van der Waals surface area contributed by atoms with Crippen molar-refractivity contribution in [3.63, 3.8) is 0 Å². The van der Waals surface area contributed by atoms with Crippen LogP contribution in [0.4, 0.5) is 0 Å². The smallest absolute Gasteiger partial charge is 0.241 e. The minimum absolute atomic E-state index is 0.0842. The van der Waals surface area contributed by atoms with Crippen molar-refractivity contribution in [2.45, 2.75) is 31.3 Å². The lowest BCUT2D eigenvalue weighted by Crippen LogP contribution is -2.43. The molecule has 3 nitrogen and oxygen atoms in total. The number of nitrogens with two attached hydrogens (primary N) is 1. The van der Waals surface area contributed by atoms with Gasteiger partial charge in [-0.05, 0) is 36.3 Å². The Labute approximate surface area is 131 Å². The summed E-state index contributed by atoms with van der Waals surface area (Å²) >= 11 is 0. The van der Waals surface area contributed by atoms with Gasteiger partial charge in [-0.1, -0.05) is 60.7 Å². The maximum Gasteiger partial charge on any atom is 0.241 e. The van der Waals surface area contributed by atoms with Crippen LogP contribution >= 0.6 is 0 Å². The lowest BCUT2D eigenvalue weighted by molar-refractivity contribution is -0.123. The second-order valence-electron chi connectivity index (χ2n) is 6.03. The second-order valence-corrected chi connectivity index (χ2v) is 6.03. The number of carbonyl (C=O) groups is 1. The van der Waals surface area contributed by atoms with Gasteiger partial charge in [0, 0.05) is 6.04 Å². The van der Waals surface area contributed by atoms with E-state index in [9.17, 15) is 4.79 Å². The third-order valence-electron chi connectivity index (χ3n) is 4.26. The van der Waals surface area contributed by atoms with Crippen molar-refractivity contribution in [2.75, 3.05) is 0 Å². The molecule has 22 heavy (non-hydrogen) atoms. The van der Waals surface area contributed by atoms with Gasteiger partial charge in [0.15, 0.2) is 0 Å². The largest absolute Gasteiger partial charge is 0.351 e. The molecule has 0 radical (unpaired) electrons. The van der Waals surface area contributed by atoms with Crippen LogP contribution in [0.25, 0.3) is 0 Å². The SMILES string of the molecule is NC(C(=O)NC(Cc1ccccc1)C1CC1)c1ccccc1. The molecule has 2 aromatic carbocycles. The first-order valence-corrected chi connectivity index (χ1v) is 7.89. The Hall–Kier alpha value is -2.13. The van der Waals surface area contributed by atoms with Gasteiger partial charge in [-0.3, -0.25) is 4.79 Å². The van der Waals surface area contributed by atoms with Gasteiger partial charge in [-0.25, -0.2) is 0 Å². The first-order valence-electron chi connectivity index (χ1n) is 7.89. The van der Waals surface area contributed by atoms with Crippen LogP contribution in [0.5, 0.6) is 0 Å². The monoisotopic (exact) mass is 294 g/mol. The van der Waals surface area contributed by atoms with Gasteiger partial charge in [0.25, 0.3) is 0 Å². The summed E-state index contributed by atoms with van der Waals surface area (Å²) in [7, 11) is 0. The Balaban J connectivity index is 1.65. The highest BCUT2D eigenvalue weighted by Crippen LogP contribution is 2.34. The summed E-state index contributed by atoms with van der Waals surface area (Å²) in [6, 6.07) is 19.4. The van der Waals surface area contributed by atoms with Crippen molar-refractivity contribution in [3.8, 4) is 0 Å². The molecule has 0 spiro atoms. The maximum absolute atomic E-state index is 12.4. The summed E-state index contributed by atoms with van der Waals surface area (Å²) < 4.78 is 0. The van der Waals surface area contributed by atoms with Gasteiger partial charge < -0.3 is 11.1 Å². The summed E-state index contributed by atoms with van der Waals surface area (Å²) in [5.41, 5.74) is 8.20. The van der Waals surface area contributed by atoms with Crippen molar-refractivity contribution < 1.29 is 4.79 Å². The van der Waals surface area contributed by atoms with E-state index in [2.05, 4.69) is 17.4 Å². The van der Waals surface area contributed by atoms with Crippen LogP contribution in [0.1, 0.15) is 30.0 Å². The highest BCUT2D eigenvalue weighted by Gasteiger charge is 2.33. The minimum atomic E-state index is -0.599. The molecule has 0 bridgehead atoms. The molecule has 0 saturated heterocycles. The molecule has 1 amide bonds. The number of amides is 1. The molecular formula is C19H22N2O. The van der Waals surface area contributed by atoms with Crippen molar-refractivity contribution in [3.05, 3.63) is 71.8 Å². The van der Waals surface area contributed by atoms with E-state index in [0.29, 0.717) is 5.92 Å². The van der Waals surface area contributed by atoms with Gasteiger partial charge in [-0.15, -0.1) is 0 Å². The Morgan fingerprint density at radius 2 is 1.64 bits per heavy atom. The van der Waals surface area contributed by atoms with Crippen LogP contribution in [-0.2, 0) is 11.2 Å². The molecule has 1 fully saturated rings. The molecule has 0 heterocycles. The zero-order valence-corrected chi connectivity index (χ0v) is 12.6. The van der Waals surface area contributed by atoms with Gasteiger partial charge >= 0.3 is 0 Å². The molecule has 1 aliphatic rings. The molecule has 1 aliphatic carbocycles. The average Bonchev–Trinajstić information content (AvgIpc) is 3.40. The molecule has 2 unspecified atom stereocenters. The minimum Gasteiger partial charge on any atom is -0.351 e. The number of hydrogen-bond donors (Lipinski definition) is 2. The fraction of sp³-hybridized carbons (Fsp3) is 0.316. The molecule has 3 N–H and O–H groups in total. The summed E-state index contributed by atoms with van der Waals surface area (Å²) in [6.45, 7) is 0. The summed E-state index contributed by atoms with van der Waals surface area (Å²) in [5.74, 6) is 0.506. The highest BCUT2D eigenvalue weighted by atomic mass is 16.2. The lowest BCUT2D eigenvalue weighted by atomic mass is 10.0. The summed E-state index contributed by atoms with van der Waals surface area (Å²) in [6.07, 6.45) is 3.26. The van der Waals surface area contributed by atoms with Gasteiger partial charge in [0.1, 0.15) is 6.04 Å². The Morgan fingerprint density at radius 1 is 1.05 bits per heavy atom. The van der Waals surface area contributed by atoms with E-state index < -0.39 is 6.04 Å². The van der Waals surface area contributed by atoms with Crippen LogP contribution in [-0.4, -0.2) is 11.9 Å². The zero-order chi connectivity index (χ0) is 15.4. The van der Waals surface area contributed by atoms with Gasteiger partial charge in [-0.2, -0.15) is 0 Å². The number of rotatable bonds is 6. The summed E-state index contributed by atoms with van der Waals surface area (Å²) in [4.78, 5) is 12.4. The quantitative estimate of drug-likeness (QED) is 0.860. The van der Waals surface area contributed by atoms with E-state index in [-0.39, 0.29) is 11.9 Å². The van der Waals surface area contributed by atoms with E-state index in [1.54, 1.807) is 0 Å². The van der Waals surface area contributed by atoms with Gasteiger partial charge in [0.05, 0.1) is 0 Å². The standard InChI is InChI=1S/C19H22N2O/c20-18(16-9-5-2-6-10-16)19(22)21-17(15-11-12-15)13-14-7-3-1-4-8-14/h1-10,15,17-18H,11-13,20H2,(H,21,22). The van der Waals surface area contributed by atoms with Crippen LogP contribution in [0.2, 0.25) is 0 Å². The van der Waals surface area contributed by atoms with E-state index in [4.69, 9.17) is 5.73 Å². The highest BCUT2D eigenvalue weighted by molar-refractivity contribution is 5.83. The molecular weight excluding hydrogens is 272 g/mol. The van der Waals surface area contributed by atoms with Crippen molar-refractivity contribution >= 4 is 5.91 Å². The van der Waals surface area contributed by atoms with Crippen molar-refractivity contribution in [2.24, 2.45) is 11.7 Å². The van der Waals surface area contributed by atoms with Crippen molar-refractivity contribution in [1.29, 1.82) is 0 Å². The molecule has 1 saturated carbocycles. The summed E-state index contributed by atoms with van der Waals surface area (Å²) in [5, 5.41) is 3.16. The average molecular weight is 294 g/mol. The lowest BCUT2D eigenvalue weighted by Gasteiger charge is -2.21. The number of carbonyl (C=O) groups excluding carboxylic acids is 1. The Morgan fingerprint density at radius 3 is 2.23 bits per heavy atom. The van der Waals surface area contributed by atoms with Gasteiger partial charge in [0.2, 0.25) is 5.91 Å². The number of benzene rings is 2. The normalized spacial score (nSPS) is 16.8. The zero-order valence-electron chi connectivity index (χ0n) is 12.6. The molecule has 3 rings (SSSR count). The molecule has 0 aromatic heterocycles. The fourth-order valence-electron chi connectivity index (χ4n) is 2.79. The van der Waals surface area contributed by atoms with E-state index >= 15 is 0 Å². The topological polar surface area (TPSA) is 55.1 Å². The third kappa shape index (κ3) is 3.74. The van der Waals surface area contributed by atoms with E-state index in [1.165, 1.54) is 18.4 Å².